The number of aromatic nitrogens is 1. The van der Waals surface area contributed by atoms with Crippen molar-refractivity contribution in [1.82, 2.24) is 4.98 Å². The Morgan fingerprint density at radius 3 is 2.65 bits per heavy atom. The molecule has 0 spiro atoms. The number of pyridine rings is 1. The van der Waals surface area contributed by atoms with E-state index in [1.54, 1.807) is 0 Å². The third-order valence-corrected chi connectivity index (χ3v) is 3.04. The average Bonchev–Trinajstić information content (AvgIpc) is 2.30. The monoisotopic (exact) mass is 235 g/mol. The Hall–Kier alpha value is -1.42. The van der Waals surface area contributed by atoms with Crippen molar-refractivity contribution in [3.05, 3.63) is 23.5 Å². The van der Waals surface area contributed by atoms with Crippen LogP contribution in [0, 0.1) is 19.8 Å². The van der Waals surface area contributed by atoms with E-state index in [1.807, 2.05) is 39.8 Å². The largest absolute Gasteiger partial charge is 0.323 e. The zero-order valence-corrected chi connectivity index (χ0v) is 10.9. The van der Waals surface area contributed by atoms with Gasteiger partial charge in [-0.25, -0.2) is 0 Å². The summed E-state index contributed by atoms with van der Waals surface area (Å²) in [7, 11) is 0. The first-order chi connectivity index (χ1) is 7.95. The van der Waals surface area contributed by atoms with Crippen molar-refractivity contribution in [1.29, 1.82) is 0 Å². The Morgan fingerprint density at radius 2 is 2.12 bits per heavy atom. The van der Waals surface area contributed by atoms with E-state index in [4.69, 9.17) is 5.73 Å². The van der Waals surface area contributed by atoms with Crippen LogP contribution in [0.4, 0.5) is 5.69 Å². The van der Waals surface area contributed by atoms with Crippen LogP contribution in [0.2, 0.25) is 0 Å². The van der Waals surface area contributed by atoms with Crippen LogP contribution >= 0.6 is 0 Å². The highest BCUT2D eigenvalue weighted by molar-refractivity contribution is 5.95. The summed E-state index contributed by atoms with van der Waals surface area (Å²) < 4.78 is 0. The predicted octanol–water partition coefficient (Wildman–Crippen LogP) is 2.01. The highest BCUT2D eigenvalue weighted by Gasteiger charge is 2.19. The van der Waals surface area contributed by atoms with E-state index in [0.29, 0.717) is 0 Å². The summed E-state index contributed by atoms with van der Waals surface area (Å²) >= 11 is 0. The van der Waals surface area contributed by atoms with Crippen molar-refractivity contribution in [2.45, 2.75) is 40.2 Å². The van der Waals surface area contributed by atoms with Crippen LogP contribution in [0.3, 0.4) is 0 Å². The Kier molecular flexibility index (Phi) is 4.63. The molecule has 4 heteroatoms. The summed E-state index contributed by atoms with van der Waals surface area (Å²) in [6.45, 7) is 7.79. The average molecular weight is 235 g/mol. The van der Waals surface area contributed by atoms with Crippen molar-refractivity contribution in [2.24, 2.45) is 11.7 Å². The number of carbonyl (C=O) groups excluding carboxylic acids is 1. The molecule has 1 rings (SSSR count). The quantitative estimate of drug-likeness (QED) is 0.838. The van der Waals surface area contributed by atoms with E-state index >= 15 is 0 Å². The maximum Gasteiger partial charge on any atom is 0.241 e. The Balaban J connectivity index is 2.74. The third kappa shape index (κ3) is 3.53. The van der Waals surface area contributed by atoms with E-state index in [2.05, 4.69) is 10.3 Å². The van der Waals surface area contributed by atoms with Crippen LogP contribution < -0.4 is 11.1 Å². The first kappa shape index (κ1) is 13.6. The smallest absolute Gasteiger partial charge is 0.241 e. The van der Waals surface area contributed by atoms with Crippen LogP contribution in [-0.2, 0) is 4.79 Å². The molecule has 94 valence electrons. The van der Waals surface area contributed by atoms with Gasteiger partial charge in [0.1, 0.15) is 0 Å². The van der Waals surface area contributed by atoms with E-state index in [-0.39, 0.29) is 11.8 Å². The van der Waals surface area contributed by atoms with Gasteiger partial charge in [-0.05, 0) is 31.9 Å². The number of nitrogens with one attached hydrogen (secondary N) is 1. The molecule has 0 aliphatic rings. The van der Waals surface area contributed by atoms with E-state index in [1.165, 1.54) is 0 Å². The van der Waals surface area contributed by atoms with Gasteiger partial charge in [-0.3, -0.25) is 9.78 Å². The number of carbonyl (C=O) groups is 1. The number of hydrogen-bond acceptors (Lipinski definition) is 3. The summed E-state index contributed by atoms with van der Waals surface area (Å²) in [4.78, 5) is 16.2. The molecule has 0 saturated carbocycles. The van der Waals surface area contributed by atoms with Crippen molar-refractivity contribution >= 4 is 11.6 Å². The highest BCUT2D eigenvalue weighted by atomic mass is 16.2. The molecule has 0 bridgehead atoms. The zero-order valence-electron chi connectivity index (χ0n) is 10.9. The second kappa shape index (κ2) is 5.77. The molecule has 0 aliphatic carbocycles. The minimum absolute atomic E-state index is 0.145. The van der Waals surface area contributed by atoms with Crippen molar-refractivity contribution in [2.75, 3.05) is 5.32 Å². The third-order valence-electron chi connectivity index (χ3n) is 3.04. The van der Waals surface area contributed by atoms with Gasteiger partial charge in [0.25, 0.3) is 0 Å². The van der Waals surface area contributed by atoms with Crippen LogP contribution in [0.1, 0.15) is 31.7 Å². The number of aryl methyl sites for hydroxylation is 2. The maximum absolute atomic E-state index is 11.9. The fourth-order valence-electron chi connectivity index (χ4n) is 1.55. The fourth-order valence-corrected chi connectivity index (χ4v) is 1.55. The molecule has 1 aromatic rings. The number of nitrogens with two attached hydrogens (primary N) is 1. The van der Waals surface area contributed by atoms with Gasteiger partial charge >= 0.3 is 0 Å². The number of anilines is 1. The first-order valence-electron chi connectivity index (χ1n) is 5.96. The molecule has 0 fully saturated rings. The van der Waals surface area contributed by atoms with E-state index in [9.17, 15) is 4.79 Å². The maximum atomic E-state index is 11.9. The molecule has 0 radical (unpaired) electrons. The molecular weight excluding hydrogens is 214 g/mol. The van der Waals surface area contributed by atoms with E-state index in [0.717, 1.165) is 23.5 Å². The molecular formula is C13H21N3O. The standard InChI is InChI=1S/C13H21N3O/c1-5-8(2)12(14)13(17)16-11-7-6-9(3)15-10(11)4/h6-8,12H,5,14H2,1-4H3,(H,16,17). The van der Waals surface area contributed by atoms with Gasteiger partial charge in [-0.2, -0.15) is 0 Å². The van der Waals surface area contributed by atoms with Gasteiger partial charge in [0.05, 0.1) is 17.4 Å². The van der Waals surface area contributed by atoms with Crippen LogP contribution in [0.25, 0.3) is 0 Å². The Morgan fingerprint density at radius 1 is 1.47 bits per heavy atom. The lowest BCUT2D eigenvalue weighted by Gasteiger charge is -2.18. The molecule has 0 aromatic carbocycles. The lowest BCUT2D eigenvalue weighted by Crippen LogP contribution is -2.40. The first-order valence-corrected chi connectivity index (χ1v) is 5.96. The summed E-state index contributed by atoms with van der Waals surface area (Å²) in [5.74, 6) is 0.0295. The fraction of sp³-hybridized carbons (Fsp3) is 0.538. The summed E-state index contributed by atoms with van der Waals surface area (Å²) in [5, 5.41) is 2.83. The lowest BCUT2D eigenvalue weighted by molar-refractivity contribution is -0.118. The molecule has 0 aliphatic heterocycles. The number of amides is 1. The molecule has 0 saturated heterocycles. The SMILES string of the molecule is CCC(C)C(N)C(=O)Nc1ccc(C)nc1C. The van der Waals surface area contributed by atoms with Gasteiger partial charge in [-0.1, -0.05) is 20.3 Å². The summed E-state index contributed by atoms with van der Waals surface area (Å²) in [5.41, 5.74) is 8.35. The zero-order chi connectivity index (χ0) is 13.0. The highest BCUT2D eigenvalue weighted by Crippen LogP contribution is 2.14. The normalized spacial score (nSPS) is 14.2. The Bertz CT molecular complexity index is 404. The van der Waals surface area contributed by atoms with Crippen molar-refractivity contribution in [3.8, 4) is 0 Å². The molecule has 2 unspecified atom stereocenters. The van der Waals surface area contributed by atoms with Crippen molar-refractivity contribution in [3.63, 3.8) is 0 Å². The topological polar surface area (TPSA) is 68.0 Å². The number of hydrogen-bond donors (Lipinski definition) is 2. The summed E-state index contributed by atoms with van der Waals surface area (Å²) in [6.07, 6.45) is 0.889. The summed E-state index contributed by atoms with van der Waals surface area (Å²) in [6, 6.07) is 3.26. The van der Waals surface area contributed by atoms with Crippen molar-refractivity contribution < 1.29 is 4.79 Å². The predicted molar refractivity (Wildman–Crippen MR) is 69.8 cm³/mol. The molecule has 1 heterocycles. The van der Waals surface area contributed by atoms with Crippen LogP contribution in [-0.4, -0.2) is 16.9 Å². The van der Waals surface area contributed by atoms with Gasteiger partial charge in [0, 0.05) is 5.69 Å². The van der Waals surface area contributed by atoms with E-state index < -0.39 is 6.04 Å². The molecule has 1 amide bonds. The number of nitrogens with zero attached hydrogens (tertiary/aromatic N) is 1. The lowest BCUT2D eigenvalue weighted by atomic mass is 9.99. The van der Waals surface area contributed by atoms with Gasteiger partial charge in [0.15, 0.2) is 0 Å². The van der Waals surface area contributed by atoms with Gasteiger partial charge in [0.2, 0.25) is 5.91 Å². The minimum atomic E-state index is -0.472. The second-order valence-corrected chi connectivity index (χ2v) is 4.49. The molecule has 2 atom stereocenters. The molecule has 1 aromatic heterocycles. The van der Waals surface area contributed by atoms with Crippen LogP contribution in [0.15, 0.2) is 12.1 Å². The number of rotatable bonds is 4. The Labute approximate surface area is 103 Å². The molecule has 4 nitrogen and oxygen atoms in total. The van der Waals surface area contributed by atoms with Gasteiger partial charge in [-0.15, -0.1) is 0 Å². The molecule has 3 N–H and O–H groups in total. The van der Waals surface area contributed by atoms with Crippen LogP contribution in [0.5, 0.6) is 0 Å². The minimum Gasteiger partial charge on any atom is -0.323 e. The second-order valence-electron chi connectivity index (χ2n) is 4.49. The molecule has 17 heavy (non-hydrogen) atoms. The van der Waals surface area contributed by atoms with Gasteiger partial charge < -0.3 is 11.1 Å².